The second-order valence-electron chi connectivity index (χ2n) is 4.01. The number of fused-ring (bicyclic) bond motifs is 1. The number of carbonyl (C=O) groups is 3. The molecule has 9 nitrogen and oxygen atoms in total. The average Bonchev–Trinajstić information content (AvgIpc) is 2.77. The normalized spacial score (nSPS) is 10.7. The first-order valence-corrected chi connectivity index (χ1v) is 5.69. The van der Waals surface area contributed by atoms with E-state index in [4.69, 9.17) is 20.7 Å². The summed E-state index contributed by atoms with van der Waals surface area (Å²) in [5, 5.41) is 20.7. The largest absolute Gasteiger partial charge is 0.542 e. The number of carbonyl (C=O) groups excluding carboxylic acids is 2. The topological polar surface area (TPSA) is 153 Å². The number of hydrogen-bond donors (Lipinski definition) is 3. The van der Waals surface area contributed by atoms with Crippen molar-refractivity contribution >= 4 is 28.7 Å². The fraction of sp³-hybridized carbons (Fsp3) is 0.182. The van der Waals surface area contributed by atoms with Crippen LogP contribution in [0.4, 0.5) is 13.2 Å². The summed E-state index contributed by atoms with van der Waals surface area (Å²) in [6.07, 6.45) is -2.21. The lowest BCUT2D eigenvalue weighted by Gasteiger charge is -2.03. The highest BCUT2D eigenvalue weighted by Crippen LogP contribution is 2.12. The molecular formula is C11H9F3N4O5. The smallest absolute Gasteiger partial charge is 0.430 e. The highest BCUT2D eigenvalue weighted by Gasteiger charge is 2.28. The summed E-state index contributed by atoms with van der Waals surface area (Å²) in [7, 11) is 0. The number of halogens is 3. The second-order valence-corrected chi connectivity index (χ2v) is 4.01. The van der Waals surface area contributed by atoms with E-state index in [0.717, 1.165) is 0 Å². The Morgan fingerprint density at radius 2 is 1.96 bits per heavy atom. The minimum Gasteiger partial charge on any atom is -0.542 e. The molecular weight excluding hydrogens is 325 g/mol. The van der Waals surface area contributed by atoms with E-state index in [1.807, 2.05) is 0 Å². The summed E-state index contributed by atoms with van der Waals surface area (Å²) in [4.78, 5) is 34.4. The molecule has 2 heterocycles. The van der Waals surface area contributed by atoms with Crippen molar-refractivity contribution in [3.8, 4) is 0 Å². The Bertz CT molecular complexity index is 756. The van der Waals surface area contributed by atoms with Crippen LogP contribution in [0.1, 0.15) is 10.5 Å². The number of aromatic amines is 1. The number of carboxylic acid groups (broad SMARTS) is 2. The van der Waals surface area contributed by atoms with E-state index in [1.165, 1.54) is 17.1 Å². The zero-order valence-electron chi connectivity index (χ0n) is 11.1. The molecule has 0 fully saturated rings. The number of nitrogens with two attached hydrogens (primary N) is 1. The Kier molecular flexibility index (Phi) is 5.22. The first-order chi connectivity index (χ1) is 10.5. The van der Waals surface area contributed by atoms with Gasteiger partial charge in [-0.2, -0.15) is 18.3 Å². The molecule has 0 aliphatic rings. The number of nitrogens with one attached hydrogen (secondary N) is 1. The van der Waals surface area contributed by atoms with Gasteiger partial charge in [-0.05, 0) is 6.07 Å². The summed E-state index contributed by atoms with van der Waals surface area (Å²) in [5.41, 5.74) is 5.88. The lowest BCUT2D eigenvalue weighted by molar-refractivity contribution is -0.716. The van der Waals surface area contributed by atoms with Crippen molar-refractivity contribution in [3.05, 3.63) is 24.2 Å². The minimum absolute atomic E-state index is 0.179. The number of amides is 1. The Labute approximate surface area is 125 Å². The van der Waals surface area contributed by atoms with E-state index in [-0.39, 0.29) is 12.2 Å². The van der Waals surface area contributed by atoms with Gasteiger partial charge in [0.2, 0.25) is 0 Å². The van der Waals surface area contributed by atoms with Crippen molar-refractivity contribution in [3.63, 3.8) is 0 Å². The number of H-pyrrole nitrogens is 1. The number of rotatable bonds is 3. The number of aliphatic carboxylic acids is 2. The standard InChI is InChI=1S/C9H8N4O3.C2HF3O2/c10-9(16)8-5-1-2-11-3-6(5)13(12-8)4-7(14)15;3-2(4,5)1(6)7/h1-3H,4H2,(H3,10,14,15,16);(H,6,7). The third-order valence-electron chi connectivity index (χ3n) is 2.38. The van der Waals surface area contributed by atoms with E-state index in [1.54, 1.807) is 6.07 Å². The minimum atomic E-state index is -5.19. The molecule has 2 aromatic heterocycles. The summed E-state index contributed by atoms with van der Waals surface area (Å²) in [5.74, 6) is -4.67. The highest BCUT2D eigenvalue weighted by atomic mass is 19.4. The molecule has 0 unspecified atom stereocenters. The van der Waals surface area contributed by atoms with Crippen LogP contribution in [0.3, 0.4) is 0 Å². The Morgan fingerprint density at radius 1 is 1.39 bits per heavy atom. The quantitative estimate of drug-likeness (QED) is 0.571. The first-order valence-electron chi connectivity index (χ1n) is 5.69. The fourth-order valence-electron chi connectivity index (χ4n) is 1.52. The molecule has 0 atom stereocenters. The van der Waals surface area contributed by atoms with Crippen LogP contribution in [-0.2, 0) is 16.1 Å². The molecule has 0 saturated carbocycles. The van der Waals surface area contributed by atoms with E-state index in [9.17, 15) is 22.8 Å². The maximum Gasteiger partial charge on any atom is 0.430 e. The van der Waals surface area contributed by atoms with Crippen molar-refractivity contribution in [2.24, 2.45) is 5.73 Å². The van der Waals surface area contributed by atoms with Gasteiger partial charge in [0.1, 0.15) is 12.2 Å². The Morgan fingerprint density at radius 3 is 2.39 bits per heavy atom. The van der Waals surface area contributed by atoms with E-state index in [2.05, 4.69) is 10.1 Å². The summed E-state index contributed by atoms with van der Waals surface area (Å²) in [6, 6.07) is 1.60. The molecule has 1 amide bonds. The van der Waals surface area contributed by atoms with Gasteiger partial charge < -0.3 is 20.7 Å². The van der Waals surface area contributed by atoms with Gasteiger partial charge in [0, 0.05) is 6.20 Å². The summed E-state index contributed by atoms with van der Waals surface area (Å²) in [6.45, 7) is -0.282. The molecule has 124 valence electrons. The molecule has 2 aromatic rings. The third-order valence-corrected chi connectivity index (χ3v) is 2.38. The van der Waals surface area contributed by atoms with Crippen LogP contribution in [0.25, 0.3) is 10.9 Å². The summed E-state index contributed by atoms with van der Waals surface area (Å²) < 4.78 is 32.9. The molecule has 0 aromatic carbocycles. The maximum atomic E-state index is 11.1. The van der Waals surface area contributed by atoms with Crippen molar-refractivity contribution in [2.45, 2.75) is 12.7 Å². The van der Waals surface area contributed by atoms with Crippen LogP contribution in [0, 0.1) is 0 Å². The molecule has 0 aliphatic carbocycles. The molecule has 0 radical (unpaired) electrons. The number of carboxylic acids is 2. The van der Waals surface area contributed by atoms with Crippen LogP contribution in [0.2, 0.25) is 0 Å². The van der Waals surface area contributed by atoms with Gasteiger partial charge in [-0.25, -0.2) is 4.79 Å². The second kappa shape index (κ2) is 6.72. The molecule has 23 heavy (non-hydrogen) atoms. The molecule has 4 N–H and O–H groups in total. The van der Waals surface area contributed by atoms with Crippen molar-refractivity contribution < 1.29 is 42.4 Å². The molecule has 12 heteroatoms. The first kappa shape index (κ1) is 17.9. The number of nitrogens with zero attached hydrogens (tertiary/aromatic N) is 2. The average molecular weight is 334 g/mol. The summed E-state index contributed by atoms with van der Waals surface area (Å²) >= 11 is 0. The van der Waals surface area contributed by atoms with Crippen LogP contribution in [-0.4, -0.2) is 39.2 Å². The SMILES string of the molecule is NC(=O)c1[nH][n+](CC(=O)O)c2cnccc12.O=C([O-])C(F)(F)F. The van der Waals surface area contributed by atoms with E-state index in [0.29, 0.717) is 10.9 Å². The monoisotopic (exact) mass is 334 g/mol. The fourth-order valence-corrected chi connectivity index (χ4v) is 1.52. The van der Waals surface area contributed by atoms with E-state index >= 15 is 0 Å². The lowest BCUT2D eigenvalue weighted by atomic mass is 10.2. The van der Waals surface area contributed by atoms with Gasteiger partial charge >= 0.3 is 12.1 Å². The van der Waals surface area contributed by atoms with Crippen LogP contribution in [0.5, 0.6) is 0 Å². The van der Waals surface area contributed by atoms with Gasteiger partial charge in [0.25, 0.3) is 18.0 Å². The molecule has 2 rings (SSSR count). The molecule has 0 saturated heterocycles. The van der Waals surface area contributed by atoms with Gasteiger partial charge in [0.05, 0.1) is 5.39 Å². The van der Waals surface area contributed by atoms with Gasteiger partial charge in [0.15, 0.2) is 5.69 Å². The Balaban J connectivity index is 0.000000322. The van der Waals surface area contributed by atoms with Crippen LogP contribution < -0.4 is 15.5 Å². The Hall–Kier alpha value is -3.18. The predicted octanol–water partition coefficient (Wildman–Crippen LogP) is -1.67. The zero-order chi connectivity index (χ0) is 17.8. The van der Waals surface area contributed by atoms with Gasteiger partial charge in [-0.1, -0.05) is 4.68 Å². The van der Waals surface area contributed by atoms with Gasteiger partial charge in [-0.3, -0.25) is 9.78 Å². The third kappa shape index (κ3) is 4.66. The number of aromatic nitrogens is 3. The zero-order valence-corrected chi connectivity index (χ0v) is 11.1. The van der Waals surface area contributed by atoms with Crippen LogP contribution >= 0.6 is 0 Å². The lowest BCUT2D eigenvalue weighted by Crippen LogP contribution is -2.40. The number of primary amides is 1. The highest BCUT2D eigenvalue weighted by molar-refractivity contribution is 6.02. The molecule has 0 aliphatic heterocycles. The number of hydrogen-bond acceptors (Lipinski definition) is 5. The van der Waals surface area contributed by atoms with Crippen molar-refractivity contribution in [1.29, 1.82) is 0 Å². The molecule has 0 spiro atoms. The number of alkyl halides is 3. The van der Waals surface area contributed by atoms with Crippen molar-refractivity contribution in [2.75, 3.05) is 0 Å². The predicted molar refractivity (Wildman–Crippen MR) is 63.5 cm³/mol. The maximum absolute atomic E-state index is 11.1. The number of pyridine rings is 1. The molecule has 0 bridgehead atoms. The van der Waals surface area contributed by atoms with Crippen LogP contribution in [0.15, 0.2) is 18.5 Å². The van der Waals surface area contributed by atoms with E-state index < -0.39 is 24.0 Å². The van der Waals surface area contributed by atoms with Gasteiger partial charge in [-0.15, -0.1) is 0 Å². The van der Waals surface area contributed by atoms with Crippen molar-refractivity contribution in [1.82, 2.24) is 10.1 Å².